The molecule has 2 heterocycles. The van der Waals surface area contributed by atoms with Gasteiger partial charge in [0.2, 0.25) is 10.0 Å². The third-order valence-electron chi connectivity index (χ3n) is 5.17. The van der Waals surface area contributed by atoms with Crippen LogP contribution in [0.15, 0.2) is 41.6 Å². The Morgan fingerprint density at radius 2 is 2.00 bits per heavy atom. The van der Waals surface area contributed by atoms with Crippen LogP contribution < -0.4 is 5.73 Å². The van der Waals surface area contributed by atoms with Gasteiger partial charge in [-0.25, -0.2) is 17.5 Å². The Hall–Kier alpha value is -1.77. The molecule has 1 aromatic carbocycles. The smallest absolute Gasteiger partial charge is 0.246 e. The van der Waals surface area contributed by atoms with Gasteiger partial charge in [0.25, 0.3) is 0 Å². The van der Waals surface area contributed by atoms with Gasteiger partial charge < -0.3 is 5.73 Å². The summed E-state index contributed by atoms with van der Waals surface area (Å²) >= 11 is 0. The zero-order valence-corrected chi connectivity index (χ0v) is 13.9. The maximum atomic E-state index is 13.8. The van der Waals surface area contributed by atoms with Gasteiger partial charge in [-0.3, -0.25) is 0 Å². The van der Waals surface area contributed by atoms with Gasteiger partial charge in [0, 0.05) is 19.1 Å². The summed E-state index contributed by atoms with van der Waals surface area (Å²) in [6.07, 6.45) is 4.58. The number of halogens is 1. The van der Waals surface area contributed by atoms with E-state index in [1.807, 2.05) is 0 Å². The van der Waals surface area contributed by atoms with E-state index < -0.39 is 15.8 Å². The average molecular weight is 350 g/mol. The molecule has 0 amide bonds. The lowest BCUT2D eigenvalue weighted by Gasteiger charge is -2.17. The summed E-state index contributed by atoms with van der Waals surface area (Å²) in [4.78, 5) is 0.0827. The highest BCUT2D eigenvalue weighted by molar-refractivity contribution is 7.89. The zero-order chi connectivity index (χ0) is 16.9. The second-order valence-electron chi connectivity index (χ2n) is 6.56. The molecule has 1 aliphatic carbocycles. The van der Waals surface area contributed by atoms with Gasteiger partial charge in [-0.1, -0.05) is 12.1 Å². The molecule has 1 saturated carbocycles. The number of nitrogens with two attached hydrogens (primary N) is 1. The second-order valence-corrected chi connectivity index (χ2v) is 8.50. The Kier molecular flexibility index (Phi) is 3.70. The van der Waals surface area contributed by atoms with Gasteiger partial charge in [-0.05, 0) is 36.8 Å². The third-order valence-corrected chi connectivity index (χ3v) is 6.96. The topological polar surface area (TPSA) is 81.2 Å². The van der Waals surface area contributed by atoms with Crippen molar-refractivity contribution in [1.29, 1.82) is 0 Å². The van der Waals surface area contributed by atoms with Gasteiger partial charge in [-0.15, -0.1) is 0 Å². The van der Waals surface area contributed by atoms with E-state index in [0.29, 0.717) is 19.0 Å². The number of aromatic nitrogens is 2. The summed E-state index contributed by atoms with van der Waals surface area (Å²) in [5.41, 5.74) is 6.30. The molecule has 0 bridgehead atoms. The van der Waals surface area contributed by atoms with Crippen molar-refractivity contribution in [2.45, 2.75) is 23.8 Å². The lowest BCUT2D eigenvalue weighted by molar-refractivity contribution is 0.427. The molecule has 0 radical (unpaired) electrons. The van der Waals surface area contributed by atoms with Gasteiger partial charge in [0.05, 0.1) is 12.4 Å². The van der Waals surface area contributed by atoms with Gasteiger partial charge in [-0.2, -0.15) is 9.40 Å². The van der Waals surface area contributed by atoms with E-state index in [-0.39, 0.29) is 22.5 Å². The number of benzene rings is 1. The fourth-order valence-corrected chi connectivity index (χ4v) is 5.29. The van der Waals surface area contributed by atoms with Gasteiger partial charge in [0.1, 0.15) is 16.4 Å². The molecule has 2 N–H and O–H groups in total. The minimum absolute atomic E-state index is 0.0799. The molecule has 0 spiro atoms. The van der Waals surface area contributed by atoms with Gasteiger partial charge in [0.15, 0.2) is 0 Å². The first-order valence-electron chi connectivity index (χ1n) is 8.02. The highest BCUT2D eigenvalue weighted by Gasteiger charge is 2.45. The summed E-state index contributed by atoms with van der Waals surface area (Å²) in [6.45, 7) is 0.963. The Morgan fingerprint density at radius 3 is 2.75 bits per heavy atom. The van der Waals surface area contributed by atoms with Crippen LogP contribution in [0, 0.1) is 17.7 Å². The monoisotopic (exact) mass is 350 g/mol. The standard InChI is InChI=1S/C16H19FN4O2S/c17-14-3-1-2-4-16(14)21-9-12(7-19-21)24(22,23)20-8-11-5-6-15(18)13(11)10-20/h1-4,7,9,11,13,15H,5-6,8,10,18H2. The Balaban J connectivity index is 1.61. The average Bonchev–Trinajstić information content (AvgIpc) is 3.26. The van der Waals surface area contributed by atoms with Crippen LogP contribution in [0.3, 0.4) is 0 Å². The van der Waals surface area contributed by atoms with E-state index in [2.05, 4.69) is 5.10 Å². The molecule has 1 aliphatic heterocycles. The normalized spacial score (nSPS) is 27.5. The molecular formula is C16H19FN4O2S. The number of para-hydroxylation sites is 1. The highest BCUT2D eigenvalue weighted by Crippen LogP contribution is 2.39. The predicted molar refractivity (Wildman–Crippen MR) is 86.5 cm³/mol. The molecule has 8 heteroatoms. The van der Waals surface area contributed by atoms with Crippen LogP contribution in [-0.4, -0.2) is 41.6 Å². The summed E-state index contributed by atoms with van der Waals surface area (Å²) in [5.74, 6) is 0.129. The summed E-state index contributed by atoms with van der Waals surface area (Å²) in [5, 5.41) is 4.02. The van der Waals surface area contributed by atoms with Crippen LogP contribution in [0.1, 0.15) is 12.8 Å². The number of fused-ring (bicyclic) bond motifs is 1. The molecule has 2 aromatic rings. The Morgan fingerprint density at radius 1 is 1.21 bits per heavy atom. The maximum Gasteiger partial charge on any atom is 0.246 e. The zero-order valence-electron chi connectivity index (χ0n) is 13.0. The lowest BCUT2D eigenvalue weighted by Crippen LogP contribution is -2.33. The fraction of sp³-hybridized carbons (Fsp3) is 0.438. The van der Waals surface area contributed by atoms with E-state index in [4.69, 9.17) is 5.73 Å². The van der Waals surface area contributed by atoms with Crippen LogP contribution in [0.5, 0.6) is 0 Å². The molecule has 24 heavy (non-hydrogen) atoms. The first-order valence-corrected chi connectivity index (χ1v) is 9.46. The SMILES string of the molecule is NC1CCC2CN(S(=O)(=O)c3cnn(-c4ccccc4F)c3)CC12. The molecule has 3 atom stereocenters. The summed E-state index contributed by atoms with van der Waals surface area (Å²) < 4.78 is 42.3. The van der Waals surface area contributed by atoms with E-state index in [1.54, 1.807) is 18.2 Å². The minimum Gasteiger partial charge on any atom is -0.327 e. The lowest BCUT2D eigenvalue weighted by atomic mass is 9.98. The third kappa shape index (κ3) is 2.45. The molecule has 2 aliphatic rings. The van der Waals surface area contributed by atoms with Crippen molar-refractivity contribution in [3.05, 3.63) is 42.5 Å². The van der Waals surface area contributed by atoms with Crippen molar-refractivity contribution in [2.24, 2.45) is 17.6 Å². The van der Waals surface area contributed by atoms with Crippen molar-refractivity contribution >= 4 is 10.0 Å². The highest BCUT2D eigenvalue weighted by atomic mass is 32.2. The maximum absolute atomic E-state index is 13.8. The summed E-state index contributed by atoms with van der Waals surface area (Å²) in [6, 6.07) is 6.20. The van der Waals surface area contributed by atoms with Crippen molar-refractivity contribution in [3.63, 3.8) is 0 Å². The summed E-state index contributed by atoms with van der Waals surface area (Å²) in [7, 11) is -3.63. The van der Waals surface area contributed by atoms with Crippen LogP contribution in [-0.2, 0) is 10.0 Å². The fourth-order valence-electron chi connectivity index (χ4n) is 3.82. The van der Waals surface area contributed by atoms with Crippen LogP contribution in [0.2, 0.25) is 0 Å². The second kappa shape index (κ2) is 5.65. The van der Waals surface area contributed by atoms with Crippen molar-refractivity contribution in [3.8, 4) is 5.69 Å². The molecule has 128 valence electrons. The van der Waals surface area contributed by atoms with Crippen LogP contribution in [0.4, 0.5) is 4.39 Å². The molecule has 1 aromatic heterocycles. The largest absolute Gasteiger partial charge is 0.327 e. The molecule has 3 unspecified atom stereocenters. The molecule has 2 fully saturated rings. The predicted octanol–water partition coefficient (Wildman–Crippen LogP) is 1.37. The molecule has 4 rings (SSSR count). The van der Waals surface area contributed by atoms with Crippen LogP contribution >= 0.6 is 0 Å². The van der Waals surface area contributed by atoms with E-state index in [1.165, 1.54) is 27.4 Å². The van der Waals surface area contributed by atoms with Crippen molar-refractivity contribution in [2.75, 3.05) is 13.1 Å². The number of hydrogen-bond donors (Lipinski definition) is 1. The number of hydrogen-bond acceptors (Lipinski definition) is 4. The molecule has 1 saturated heterocycles. The first-order chi connectivity index (χ1) is 11.5. The first kappa shape index (κ1) is 15.7. The quantitative estimate of drug-likeness (QED) is 0.906. The number of rotatable bonds is 3. The Labute approximate surface area is 140 Å². The molecular weight excluding hydrogens is 331 g/mol. The number of nitrogens with zero attached hydrogens (tertiary/aromatic N) is 3. The van der Waals surface area contributed by atoms with Crippen LogP contribution in [0.25, 0.3) is 5.69 Å². The van der Waals surface area contributed by atoms with Crippen molar-refractivity contribution < 1.29 is 12.8 Å². The minimum atomic E-state index is -3.63. The van der Waals surface area contributed by atoms with E-state index in [0.717, 1.165) is 12.8 Å². The number of sulfonamides is 1. The van der Waals surface area contributed by atoms with Gasteiger partial charge >= 0.3 is 0 Å². The molecule has 6 nitrogen and oxygen atoms in total. The van der Waals surface area contributed by atoms with E-state index >= 15 is 0 Å². The van der Waals surface area contributed by atoms with Crippen molar-refractivity contribution in [1.82, 2.24) is 14.1 Å². The Bertz CT molecular complexity index is 866. The van der Waals surface area contributed by atoms with E-state index in [9.17, 15) is 12.8 Å².